The largest absolute Gasteiger partial charge is 0.386 e. The van der Waals surface area contributed by atoms with E-state index >= 15 is 0 Å². The molecule has 0 N–H and O–H groups in total. The number of ether oxygens (including phenoxy) is 1. The summed E-state index contributed by atoms with van der Waals surface area (Å²) in [6.07, 6.45) is 0.694. The van der Waals surface area contributed by atoms with Gasteiger partial charge in [-0.2, -0.15) is 10.5 Å². The van der Waals surface area contributed by atoms with E-state index in [1.807, 2.05) is 42.5 Å². The maximum atomic E-state index is 14.2. The van der Waals surface area contributed by atoms with Crippen molar-refractivity contribution in [3.8, 4) is 12.1 Å². The summed E-state index contributed by atoms with van der Waals surface area (Å²) in [5.74, 6) is -2.73. The van der Waals surface area contributed by atoms with E-state index in [2.05, 4.69) is 12.1 Å². The second kappa shape index (κ2) is 9.31. The van der Waals surface area contributed by atoms with Gasteiger partial charge in [0.2, 0.25) is 0 Å². The van der Waals surface area contributed by atoms with Gasteiger partial charge in [-0.1, -0.05) is 54.6 Å². The molecule has 0 saturated carbocycles. The highest BCUT2D eigenvalue weighted by Crippen LogP contribution is 2.48. The molecule has 47 heavy (non-hydrogen) atoms. The Morgan fingerprint density at radius 2 is 1.06 bits per heavy atom. The van der Waals surface area contributed by atoms with E-state index in [-0.39, 0.29) is 33.4 Å². The molecule has 0 atom stereocenters. The van der Waals surface area contributed by atoms with E-state index in [1.165, 1.54) is 18.2 Å². The summed E-state index contributed by atoms with van der Waals surface area (Å²) in [5, 5.41) is 24.4. The Hall–Kier alpha value is -6.90. The number of carbonyl (C=O) groups excluding carboxylic acids is 4. The molecule has 2 aliphatic rings. The Labute approximate surface area is 265 Å². The fourth-order valence-corrected chi connectivity index (χ4v) is 7.32. The zero-order chi connectivity index (χ0) is 32.1. The van der Waals surface area contributed by atoms with Crippen molar-refractivity contribution in [2.24, 2.45) is 0 Å². The van der Waals surface area contributed by atoms with Crippen molar-refractivity contribution in [2.45, 2.75) is 6.42 Å². The molecule has 0 radical (unpaired) electrons. The van der Waals surface area contributed by atoms with Crippen molar-refractivity contribution in [3.05, 3.63) is 136 Å². The molecule has 7 aromatic rings. The van der Waals surface area contributed by atoms with E-state index in [0.29, 0.717) is 55.2 Å². The summed E-state index contributed by atoms with van der Waals surface area (Å²) in [6.45, 7) is 0. The highest BCUT2D eigenvalue weighted by atomic mass is 16.6. The van der Waals surface area contributed by atoms with Crippen LogP contribution >= 0.6 is 0 Å². The molecule has 8 nitrogen and oxygen atoms in total. The number of hydrogen-bond acceptors (Lipinski definition) is 7. The third-order valence-corrected chi connectivity index (χ3v) is 9.28. The molecule has 0 spiro atoms. The van der Waals surface area contributed by atoms with Gasteiger partial charge in [0.05, 0.1) is 45.6 Å². The van der Waals surface area contributed by atoms with Crippen LogP contribution in [-0.4, -0.2) is 23.8 Å². The quantitative estimate of drug-likeness (QED) is 0.0684. The van der Waals surface area contributed by atoms with Crippen molar-refractivity contribution in [3.63, 3.8) is 0 Å². The number of benzene rings is 7. The van der Waals surface area contributed by atoms with E-state index in [4.69, 9.17) is 4.74 Å². The average Bonchev–Trinajstić information content (AvgIpc) is 3.09. The number of nitrogens with zero attached hydrogens (tertiary/aromatic N) is 3. The number of esters is 2. The first kappa shape index (κ1) is 26.5. The Morgan fingerprint density at radius 3 is 1.70 bits per heavy atom. The zero-order valence-electron chi connectivity index (χ0n) is 24.3. The molecule has 2 aliphatic heterocycles. The van der Waals surface area contributed by atoms with Gasteiger partial charge >= 0.3 is 11.9 Å². The molecule has 218 valence electrons. The number of rotatable bonds is 3. The minimum atomic E-state index is -0.858. The van der Waals surface area contributed by atoms with Crippen molar-refractivity contribution in [1.82, 2.24) is 0 Å². The van der Waals surface area contributed by atoms with Gasteiger partial charge in [-0.25, -0.2) is 14.5 Å². The molecule has 0 bridgehead atoms. The monoisotopic (exact) mass is 607 g/mol. The number of amides is 2. The van der Waals surface area contributed by atoms with Crippen LogP contribution in [0, 0.1) is 22.7 Å². The lowest BCUT2D eigenvalue weighted by molar-refractivity contribution is 0.0390. The van der Waals surface area contributed by atoms with Crippen molar-refractivity contribution in [1.29, 1.82) is 10.5 Å². The van der Waals surface area contributed by atoms with E-state index < -0.39 is 23.8 Å². The lowest BCUT2D eigenvalue weighted by atomic mass is 9.80. The normalized spacial score (nSPS) is 13.9. The lowest BCUT2D eigenvalue weighted by Gasteiger charge is -2.29. The summed E-state index contributed by atoms with van der Waals surface area (Å²) in [4.78, 5) is 55.0. The van der Waals surface area contributed by atoms with Crippen molar-refractivity contribution < 1.29 is 23.9 Å². The Balaban J connectivity index is 1.31. The highest BCUT2D eigenvalue weighted by Gasteiger charge is 2.37. The summed E-state index contributed by atoms with van der Waals surface area (Å²) in [6, 6.07) is 31.1. The van der Waals surface area contributed by atoms with Crippen LogP contribution in [0.5, 0.6) is 0 Å². The molecule has 0 fully saturated rings. The van der Waals surface area contributed by atoms with Crippen LogP contribution < -0.4 is 4.90 Å². The Morgan fingerprint density at radius 1 is 0.532 bits per heavy atom. The molecule has 8 heteroatoms. The molecule has 0 saturated heterocycles. The van der Waals surface area contributed by atoms with Crippen LogP contribution in [0.25, 0.3) is 43.1 Å². The standard InChI is InChI=1S/C39H17N3O5/c40-17-21-15-28-32-26(36(43)42(37(28)44)23-8-6-20(7-9-23)14-19-4-2-1-3-5-19)12-10-24-31-22(18-41)16-29-33-27(38(45)47-39(29)46)13-11-25(35(31)33)30(21)34(24)32/h1-13,15-16H,14H2. The van der Waals surface area contributed by atoms with Crippen LogP contribution in [0.1, 0.15) is 63.7 Å². The predicted molar refractivity (Wildman–Crippen MR) is 174 cm³/mol. The molecular weight excluding hydrogens is 590 g/mol. The molecule has 0 aliphatic carbocycles. The minimum absolute atomic E-state index is 0.0834. The van der Waals surface area contributed by atoms with Gasteiger partial charge in [0.25, 0.3) is 11.8 Å². The second-order valence-corrected chi connectivity index (χ2v) is 11.7. The van der Waals surface area contributed by atoms with Crippen molar-refractivity contribution >= 4 is 72.5 Å². The molecule has 0 unspecified atom stereocenters. The van der Waals surface area contributed by atoms with Crippen LogP contribution in [0.15, 0.2) is 91.0 Å². The number of carbonyl (C=O) groups is 4. The van der Waals surface area contributed by atoms with Gasteiger partial charge in [-0.3, -0.25) is 9.59 Å². The molecule has 0 aromatic heterocycles. The number of fused-ring (bicyclic) bond motifs is 2. The number of anilines is 1. The zero-order valence-corrected chi connectivity index (χ0v) is 24.3. The topological polar surface area (TPSA) is 128 Å². The van der Waals surface area contributed by atoms with Gasteiger partial charge in [-0.05, 0) is 64.7 Å². The fourth-order valence-electron chi connectivity index (χ4n) is 7.32. The first-order valence-electron chi connectivity index (χ1n) is 14.8. The number of cyclic esters (lactones) is 2. The second-order valence-electron chi connectivity index (χ2n) is 11.7. The summed E-state index contributed by atoms with van der Waals surface area (Å²) >= 11 is 0. The van der Waals surface area contributed by atoms with Gasteiger partial charge in [0.1, 0.15) is 0 Å². The van der Waals surface area contributed by atoms with E-state index in [9.17, 15) is 29.7 Å². The number of hydrogen-bond donors (Lipinski definition) is 0. The third-order valence-electron chi connectivity index (χ3n) is 9.28. The van der Waals surface area contributed by atoms with Gasteiger partial charge in [0, 0.05) is 37.9 Å². The van der Waals surface area contributed by atoms with Gasteiger partial charge in [-0.15, -0.1) is 0 Å². The smallest absolute Gasteiger partial charge is 0.346 e. The molecule has 9 rings (SSSR count). The molecule has 7 aromatic carbocycles. The summed E-state index contributed by atoms with van der Waals surface area (Å²) in [7, 11) is 0. The lowest BCUT2D eigenvalue weighted by Crippen LogP contribution is -2.40. The number of nitriles is 2. The van der Waals surface area contributed by atoms with Gasteiger partial charge < -0.3 is 4.74 Å². The van der Waals surface area contributed by atoms with Crippen LogP contribution in [-0.2, 0) is 11.2 Å². The van der Waals surface area contributed by atoms with Crippen molar-refractivity contribution in [2.75, 3.05) is 4.90 Å². The Bertz CT molecular complexity index is 2720. The van der Waals surface area contributed by atoms with Gasteiger partial charge in [0.15, 0.2) is 0 Å². The van der Waals surface area contributed by atoms with E-state index in [1.54, 1.807) is 30.3 Å². The van der Waals surface area contributed by atoms with E-state index in [0.717, 1.165) is 16.0 Å². The maximum Gasteiger partial charge on any atom is 0.346 e. The predicted octanol–water partition coefficient (Wildman–Crippen LogP) is 7.18. The number of imide groups is 1. The van der Waals surface area contributed by atoms with Crippen LogP contribution in [0.2, 0.25) is 0 Å². The minimum Gasteiger partial charge on any atom is -0.386 e. The summed E-state index contributed by atoms with van der Waals surface area (Å²) < 4.78 is 4.94. The third kappa shape index (κ3) is 3.44. The average molecular weight is 608 g/mol. The summed E-state index contributed by atoms with van der Waals surface area (Å²) in [5.41, 5.74) is 3.63. The molecule has 2 heterocycles. The fraction of sp³-hybridized carbons (Fsp3) is 0.0256. The Kier molecular flexibility index (Phi) is 5.25. The molecular formula is C39H17N3O5. The highest BCUT2D eigenvalue weighted by molar-refractivity contribution is 6.44. The first-order chi connectivity index (χ1) is 22.9. The maximum absolute atomic E-state index is 14.2. The SMILES string of the molecule is N#Cc1cc2c3c(ccc4c5c(C#N)cc6c7c(ccc(c1c34)c75)C(=O)N(c1ccc(Cc3ccccc3)cc1)C6=O)C(=O)OC2=O. The molecule has 2 amide bonds. The van der Waals surface area contributed by atoms with Crippen LogP contribution in [0.4, 0.5) is 5.69 Å². The van der Waals surface area contributed by atoms with Crippen LogP contribution in [0.3, 0.4) is 0 Å². The first-order valence-corrected chi connectivity index (χ1v) is 14.8.